The second-order valence-corrected chi connectivity index (χ2v) is 10.4. The van der Waals surface area contributed by atoms with Crippen LogP contribution in [0.15, 0.2) is 0 Å². The van der Waals surface area contributed by atoms with Crippen LogP contribution in [0.5, 0.6) is 0 Å². The third-order valence-corrected chi connectivity index (χ3v) is 4.89. The molecule has 0 rings (SSSR count). The Morgan fingerprint density at radius 1 is 0.967 bits per heavy atom. The number of hydrogen-bond acceptors (Lipinski definition) is 10. The van der Waals surface area contributed by atoms with Gasteiger partial charge in [0, 0.05) is 5.75 Å². The van der Waals surface area contributed by atoms with Crippen molar-refractivity contribution in [3.8, 4) is 0 Å². The first-order valence-corrected chi connectivity index (χ1v) is 10.8. The number of ether oxygens (including phenoxy) is 3. The molecule has 172 valence electrons. The molecule has 10 nitrogen and oxygen atoms in total. The Kier molecular flexibility index (Phi) is 11.3. The highest BCUT2D eigenvalue weighted by Gasteiger charge is 2.36. The molecule has 1 amide bonds. The lowest BCUT2D eigenvalue weighted by Crippen LogP contribution is -2.50. The molecular formula is C18H29NO9S2. The van der Waals surface area contributed by atoms with Gasteiger partial charge in [0.1, 0.15) is 11.6 Å². The van der Waals surface area contributed by atoms with Crippen molar-refractivity contribution in [1.82, 2.24) is 5.32 Å². The number of aliphatic carboxylic acids is 1. The second-order valence-electron chi connectivity index (χ2n) is 7.88. The zero-order chi connectivity index (χ0) is 23.7. The van der Waals surface area contributed by atoms with Crippen molar-refractivity contribution in [2.75, 3.05) is 12.5 Å². The molecule has 0 aliphatic rings. The first-order valence-electron chi connectivity index (χ1n) is 8.97. The Balaban J connectivity index is 4.68. The molecule has 2 N–H and O–H groups in total. The number of hydrogen-bond donors (Lipinski definition) is 2. The fraction of sp³-hybridized carbons (Fsp3) is 0.722. The number of esters is 1. The van der Waals surface area contributed by atoms with Gasteiger partial charge in [0.2, 0.25) is 12.7 Å². The minimum atomic E-state index is -1.41. The molecule has 1 atom stereocenters. The third-order valence-electron chi connectivity index (χ3n) is 3.10. The van der Waals surface area contributed by atoms with Crippen molar-refractivity contribution < 1.29 is 43.3 Å². The number of carbonyl (C=O) groups excluding carboxylic acids is 4. The summed E-state index contributed by atoms with van der Waals surface area (Å²) >= 11 is 1.12. The van der Waals surface area contributed by atoms with Crippen LogP contribution in [0.2, 0.25) is 0 Å². The number of carboxylic acid groups (broad SMARTS) is 1. The van der Waals surface area contributed by atoms with E-state index in [1.165, 1.54) is 13.8 Å². The Labute approximate surface area is 184 Å². The lowest BCUT2D eigenvalue weighted by atomic mass is 10.2. The van der Waals surface area contributed by atoms with Gasteiger partial charge >= 0.3 is 22.5 Å². The molecule has 0 radical (unpaired) electrons. The maximum Gasteiger partial charge on any atom is 0.370 e. The standard InChI is InChI=1S/C18H29NO9S2/c1-10(2)13(22)26-9-27-15(24)29-8-11(12(20)21)19-14(23)18(6,7)30-16(25)28-17(3,4)5/h10-11H,8-9H2,1-7H3,(H,19,23)(H,20,21)/t11-/m0/s1. The van der Waals surface area contributed by atoms with Crippen LogP contribution >= 0.6 is 23.5 Å². The average molecular weight is 468 g/mol. The van der Waals surface area contributed by atoms with Crippen LogP contribution in [0.4, 0.5) is 9.59 Å². The molecule has 0 saturated heterocycles. The quantitative estimate of drug-likeness (QED) is 0.381. The zero-order valence-corrected chi connectivity index (χ0v) is 19.7. The zero-order valence-electron chi connectivity index (χ0n) is 18.1. The SMILES string of the molecule is CC(C)C(=O)OCOC(=O)SC[C@H](NC(=O)C(C)(C)SC(=O)OC(C)(C)C)C(=O)O. The van der Waals surface area contributed by atoms with Gasteiger partial charge < -0.3 is 24.6 Å². The van der Waals surface area contributed by atoms with E-state index in [2.05, 4.69) is 14.8 Å². The van der Waals surface area contributed by atoms with Crippen LogP contribution in [0.25, 0.3) is 0 Å². The van der Waals surface area contributed by atoms with E-state index in [1.54, 1.807) is 34.6 Å². The summed E-state index contributed by atoms with van der Waals surface area (Å²) in [5.74, 6) is -3.35. The van der Waals surface area contributed by atoms with E-state index in [0.29, 0.717) is 23.5 Å². The molecule has 0 aromatic heterocycles. The Bertz CT molecular complexity index is 657. The van der Waals surface area contributed by atoms with Crippen LogP contribution in [-0.4, -0.2) is 62.5 Å². The van der Waals surface area contributed by atoms with Gasteiger partial charge in [0.25, 0.3) is 0 Å². The molecule has 0 aromatic carbocycles. The van der Waals surface area contributed by atoms with E-state index in [4.69, 9.17) is 4.74 Å². The van der Waals surface area contributed by atoms with Gasteiger partial charge in [-0.25, -0.2) is 14.4 Å². The van der Waals surface area contributed by atoms with Crippen molar-refractivity contribution in [2.45, 2.75) is 64.9 Å². The van der Waals surface area contributed by atoms with Crippen molar-refractivity contribution >= 4 is 52.0 Å². The van der Waals surface area contributed by atoms with Gasteiger partial charge in [0.05, 0.1) is 10.7 Å². The first kappa shape index (κ1) is 28.1. The summed E-state index contributed by atoms with van der Waals surface area (Å²) in [4.78, 5) is 58.7. The summed E-state index contributed by atoms with van der Waals surface area (Å²) in [6.45, 7) is 10.6. The molecule has 0 saturated carbocycles. The maximum absolute atomic E-state index is 12.5. The number of amides is 1. The van der Waals surface area contributed by atoms with Crippen LogP contribution in [-0.2, 0) is 28.6 Å². The predicted molar refractivity (Wildman–Crippen MR) is 112 cm³/mol. The molecule has 0 heterocycles. The van der Waals surface area contributed by atoms with Crippen molar-refractivity contribution in [2.24, 2.45) is 5.92 Å². The summed E-state index contributed by atoms with van der Waals surface area (Å²) in [6, 6.07) is -1.41. The highest BCUT2D eigenvalue weighted by Crippen LogP contribution is 2.28. The van der Waals surface area contributed by atoms with Crippen molar-refractivity contribution in [1.29, 1.82) is 0 Å². The van der Waals surface area contributed by atoms with E-state index in [-0.39, 0.29) is 11.7 Å². The molecule has 0 bridgehead atoms. The maximum atomic E-state index is 12.5. The van der Waals surface area contributed by atoms with E-state index in [9.17, 15) is 29.1 Å². The summed E-state index contributed by atoms with van der Waals surface area (Å²) in [5, 5.41) is 10.0. The largest absolute Gasteiger partial charge is 0.480 e. The lowest BCUT2D eigenvalue weighted by molar-refractivity contribution is -0.155. The molecule has 0 spiro atoms. The number of carbonyl (C=O) groups is 5. The molecular weight excluding hydrogens is 438 g/mol. The molecule has 0 aromatic rings. The smallest absolute Gasteiger partial charge is 0.370 e. The Hall–Kier alpha value is -1.95. The van der Waals surface area contributed by atoms with Crippen LogP contribution < -0.4 is 5.32 Å². The topological polar surface area (TPSA) is 145 Å². The normalized spacial score (nSPS) is 12.7. The number of carboxylic acids is 1. The monoisotopic (exact) mass is 467 g/mol. The second kappa shape index (κ2) is 12.0. The van der Waals surface area contributed by atoms with Gasteiger partial charge in [-0.1, -0.05) is 13.8 Å². The first-order chi connectivity index (χ1) is 13.5. The molecule has 0 aliphatic carbocycles. The summed E-state index contributed by atoms with van der Waals surface area (Å²) in [6.07, 6.45) is 0. The molecule has 0 fully saturated rings. The molecule has 0 aliphatic heterocycles. The van der Waals surface area contributed by atoms with E-state index >= 15 is 0 Å². The van der Waals surface area contributed by atoms with Crippen LogP contribution in [0.1, 0.15) is 48.5 Å². The van der Waals surface area contributed by atoms with E-state index in [1.807, 2.05) is 0 Å². The minimum Gasteiger partial charge on any atom is -0.480 e. The number of nitrogens with one attached hydrogen (secondary N) is 1. The molecule has 30 heavy (non-hydrogen) atoms. The van der Waals surface area contributed by atoms with E-state index < -0.39 is 51.6 Å². The fourth-order valence-corrected chi connectivity index (χ4v) is 3.05. The van der Waals surface area contributed by atoms with Gasteiger partial charge in [-0.3, -0.25) is 9.59 Å². The van der Waals surface area contributed by atoms with E-state index in [0.717, 1.165) is 0 Å². The highest BCUT2D eigenvalue weighted by molar-refractivity contribution is 8.15. The summed E-state index contributed by atoms with van der Waals surface area (Å²) in [7, 11) is 0. The average Bonchev–Trinajstić information content (AvgIpc) is 2.55. The van der Waals surface area contributed by atoms with Gasteiger partial charge in [-0.2, -0.15) is 0 Å². The van der Waals surface area contributed by atoms with Crippen LogP contribution in [0, 0.1) is 5.92 Å². The number of thioether (sulfide) groups is 2. The fourth-order valence-electron chi connectivity index (χ4n) is 1.53. The van der Waals surface area contributed by atoms with Gasteiger partial charge in [0.15, 0.2) is 0 Å². The van der Waals surface area contributed by atoms with Crippen molar-refractivity contribution in [3.63, 3.8) is 0 Å². The Morgan fingerprint density at radius 3 is 2.00 bits per heavy atom. The van der Waals surface area contributed by atoms with Crippen molar-refractivity contribution in [3.05, 3.63) is 0 Å². The highest BCUT2D eigenvalue weighted by atomic mass is 32.2. The van der Waals surface area contributed by atoms with Gasteiger partial charge in [-0.15, -0.1) is 0 Å². The minimum absolute atomic E-state index is 0.328. The van der Waals surface area contributed by atoms with Gasteiger partial charge in [-0.05, 0) is 58.1 Å². The molecule has 12 heteroatoms. The molecule has 0 unspecified atom stereocenters. The summed E-state index contributed by atoms with van der Waals surface area (Å²) in [5.41, 5.74) is -0.735. The van der Waals surface area contributed by atoms with Crippen LogP contribution in [0.3, 0.4) is 0 Å². The number of rotatable bonds is 9. The third kappa shape index (κ3) is 11.9. The summed E-state index contributed by atoms with van der Waals surface area (Å²) < 4.78 is 13.2. The predicted octanol–water partition coefficient (Wildman–Crippen LogP) is 3.03. The lowest BCUT2D eigenvalue weighted by Gasteiger charge is -2.26. The Morgan fingerprint density at radius 2 is 1.53 bits per heavy atom.